The molecule has 3 N–H and O–H groups in total. The Hall–Kier alpha value is -2.34. The van der Waals surface area contributed by atoms with E-state index in [9.17, 15) is 9.59 Å². The number of fused-ring (bicyclic) bond motifs is 1. The van der Waals surface area contributed by atoms with E-state index in [-0.39, 0.29) is 17.9 Å². The number of carbonyl (C=O) groups excluding carboxylic acids is 2. The monoisotopic (exact) mass is 343 g/mol. The Balaban J connectivity index is 1.51. The van der Waals surface area contributed by atoms with Crippen LogP contribution < -0.4 is 16.0 Å². The second kappa shape index (κ2) is 7.49. The van der Waals surface area contributed by atoms with Crippen LogP contribution in [0.25, 0.3) is 0 Å². The van der Waals surface area contributed by atoms with Crippen LogP contribution in [-0.2, 0) is 22.4 Å². The molecule has 126 valence electrons. The number of rotatable bonds is 6. The summed E-state index contributed by atoms with van der Waals surface area (Å²) in [5, 5.41) is 11.1. The van der Waals surface area contributed by atoms with E-state index in [0.29, 0.717) is 13.0 Å². The summed E-state index contributed by atoms with van der Waals surface area (Å²) in [6.45, 7) is 2.49. The van der Waals surface area contributed by atoms with Gasteiger partial charge in [0.25, 0.3) is 0 Å². The fourth-order valence-electron chi connectivity index (χ4n) is 2.71. The van der Waals surface area contributed by atoms with E-state index in [1.54, 1.807) is 11.3 Å². The zero-order valence-corrected chi connectivity index (χ0v) is 14.4. The minimum atomic E-state index is -0.315. The number of thiophene rings is 1. The first kappa shape index (κ1) is 16.5. The summed E-state index contributed by atoms with van der Waals surface area (Å²) in [4.78, 5) is 24.8. The average molecular weight is 343 g/mol. The number of anilines is 2. The SMILES string of the molecule is CC(Nc1ccc2c(c1)CCC(=O)N2)C(=O)NCCc1cccs1. The number of carbonyl (C=O) groups is 2. The molecule has 6 heteroatoms. The second-order valence-corrected chi connectivity index (χ2v) is 6.94. The van der Waals surface area contributed by atoms with Crippen LogP contribution >= 0.6 is 11.3 Å². The van der Waals surface area contributed by atoms with Crippen molar-refractivity contribution in [3.63, 3.8) is 0 Å². The summed E-state index contributed by atoms with van der Waals surface area (Å²) in [5.74, 6) is 0.0410. The van der Waals surface area contributed by atoms with Crippen LogP contribution in [0.2, 0.25) is 0 Å². The molecule has 1 aromatic carbocycles. The van der Waals surface area contributed by atoms with Crippen LogP contribution in [-0.4, -0.2) is 24.4 Å². The molecule has 0 radical (unpaired) electrons. The van der Waals surface area contributed by atoms with Crippen molar-refractivity contribution in [2.45, 2.75) is 32.2 Å². The molecule has 0 fully saturated rings. The van der Waals surface area contributed by atoms with E-state index in [2.05, 4.69) is 22.0 Å². The van der Waals surface area contributed by atoms with Gasteiger partial charge in [-0.15, -0.1) is 11.3 Å². The molecule has 2 aromatic rings. The zero-order valence-electron chi connectivity index (χ0n) is 13.6. The van der Waals surface area contributed by atoms with Gasteiger partial charge >= 0.3 is 0 Å². The highest BCUT2D eigenvalue weighted by Crippen LogP contribution is 2.25. The predicted octanol–water partition coefficient (Wildman–Crippen LogP) is 2.79. The van der Waals surface area contributed by atoms with Gasteiger partial charge in [-0.25, -0.2) is 0 Å². The maximum absolute atomic E-state index is 12.2. The molecular weight excluding hydrogens is 322 g/mol. The predicted molar refractivity (Wildman–Crippen MR) is 97.5 cm³/mol. The molecular formula is C18H21N3O2S. The number of aryl methyl sites for hydroxylation is 1. The third-order valence-electron chi connectivity index (χ3n) is 4.03. The lowest BCUT2D eigenvalue weighted by molar-refractivity contribution is -0.121. The fourth-order valence-corrected chi connectivity index (χ4v) is 3.41. The number of nitrogens with one attached hydrogen (secondary N) is 3. The number of amides is 2. The van der Waals surface area contributed by atoms with Crippen molar-refractivity contribution in [1.29, 1.82) is 0 Å². The summed E-state index contributed by atoms with van der Waals surface area (Å²) < 4.78 is 0. The molecule has 2 amide bonds. The van der Waals surface area contributed by atoms with Crippen molar-refractivity contribution in [3.05, 3.63) is 46.2 Å². The summed E-state index contributed by atoms with van der Waals surface area (Å²) in [6, 6.07) is 9.55. The third-order valence-corrected chi connectivity index (χ3v) is 4.96. The standard InChI is InChI=1S/C18H21N3O2S/c1-12(18(23)19-9-8-15-3-2-10-24-15)20-14-5-6-16-13(11-14)4-7-17(22)21-16/h2-3,5-6,10-12,20H,4,7-9H2,1H3,(H,19,23)(H,21,22). The fraction of sp³-hybridized carbons (Fsp3) is 0.333. The van der Waals surface area contributed by atoms with Crippen molar-refractivity contribution in [2.24, 2.45) is 0 Å². The van der Waals surface area contributed by atoms with Crippen molar-refractivity contribution < 1.29 is 9.59 Å². The van der Waals surface area contributed by atoms with Gasteiger partial charge in [-0.05, 0) is 55.0 Å². The Bertz CT molecular complexity index is 728. The molecule has 3 rings (SSSR count). The van der Waals surface area contributed by atoms with Gasteiger partial charge in [0, 0.05) is 29.2 Å². The van der Waals surface area contributed by atoms with Crippen molar-refractivity contribution in [2.75, 3.05) is 17.2 Å². The molecule has 0 aliphatic carbocycles. The van der Waals surface area contributed by atoms with Crippen LogP contribution in [0.15, 0.2) is 35.7 Å². The second-order valence-electron chi connectivity index (χ2n) is 5.91. The molecule has 1 aliphatic heterocycles. The van der Waals surface area contributed by atoms with Crippen LogP contribution in [0.1, 0.15) is 23.8 Å². The quantitative estimate of drug-likeness (QED) is 0.755. The largest absolute Gasteiger partial charge is 0.374 e. The highest BCUT2D eigenvalue weighted by Gasteiger charge is 2.16. The molecule has 0 saturated carbocycles. The van der Waals surface area contributed by atoms with E-state index in [4.69, 9.17) is 0 Å². The highest BCUT2D eigenvalue weighted by atomic mass is 32.1. The van der Waals surface area contributed by atoms with Crippen molar-refractivity contribution in [3.8, 4) is 0 Å². The molecule has 1 unspecified atom stereocenters. The lowest BCUT2D eigenvalue weighted by atomic mass is 10.0. The molecule has 0 spiro atoms. The minimum Gasteiger partial charge on any atom is -0.374 e. The smallest absolute Gasteiger partial charge is 0.242 e. The van der Waals surface area contributed by atoms with Gasteiger partial charge in [0.2, 0.25) is 11.8 Å². The lowest BCUT2D eigenvalue weighted by Crippen LogP contribution is -2.38. The summed E-state index contributed by atoms with van der Waals surface area (Å²) in [7, 11) is 0. The van der Waals surface area contributed by atoms with Gasteiger partial charge in [0.05, 0.1) is 0 Å². The molecule has 1 aliphatic rings. The van der Waals surface area contributed by atoms with Crippen LogP contribution in [0.5, 0.6) is 0 Å². The first-order valence-electron chi connectivity index (χ1n) is 8.11. The Morgan fingerprint density at radius 1 is 1.33 bits per heavy atom. The average Bonchev–Trinajstić information content (AvgIpc) is 3.08. The van der Waals surface area contributed by atoms with Crippen molar-refractivity contribution >= 4 is 34.5 Å². The van der Waals surface area contributed by atoms with Crippen LogP contribution in [0.4, 0.5) is 11.4 Å². The van der Waals surface area contributed by atoms with Gasteiger partial charge < -0.3 is 16.0 Å². The molecule has 1 atom stereocenters. The maximum atomic E-state index is 12.2. The number of hydrogen-bond acceptors (Lipinski definition) is 4. The van der Waals surface area contributed by atoms with Crippen LogP contribution in [0, 0.1) is 0 Å². The Labute approximate surface area is 145 Å². The summed E-state index contributed by atoms with van der Waals surface area (Å²) >= 11 is 1.70. The van der Waals surface area contributed by atoms with Gasteiger partial charge in [-0.2, -0.15) is 0 Å². The number of benzene rings is 1. The third kappa shape index (κ3) is 4.14. The molecule has 24 heavy (non-hydrogen) atoms. The van der Waals surface area contributed by atoms with Gasteiger partial charge in [-0.1, -0.05) is 6.07 Å². The Morgan fingerprint density at radius 2 is 2.21 bits per heavy atom. The molecule has 0 saturated heterocycles. The summed E-state index contributed by atoms with van der Waals surface area (Å²) in [6.07, 6.45) is 2.10. The molecule has 0 bridgehead atoms. The minimum absolute atomic E-state index is 0.0161. The van der Waals surface area contributed by atoms with Crippen molar-refractivity contribution in [1.82, 2.24) is 5.32 Å². The first-order valence-corrected chi connectivity index (χ1v) is 8.99. The first-order chi connectivity index (χ1) is 11.6. The van der Waals surface area contributed by atoms with Gasteiger partial charge in [0.1, 0.15) is 6.04 Å². The van der Waals surface area contributed by atoms with E-state index in [1.165, 1.54) is 4.88 Å². The number of hydrogen-bond donors (Lipinski definition) is 3. The zero-order chi connectivity index (χ0) is 16.9. The van der Waals surface area contributed by atoms with Gasteiger partial charge in [-0.3, -0.25) is 9.59 Å². The normalized spacial score (nSPS) is 14.5. The maximum Gasteiger partial charge on any atom is 0.242 e. The molecule has 5 nitrogen and oxygen atoms in total. The van der Waals surface area contributed by atoms with E-state index >= 15 is 0 Å². The Kier molecular flexibility index (Phi) is 5.15. The molecule has 1 aromatic heterocycles. The van der Waals surface area contributed by atoms with E-state index in [0.717, 1.165) is 29.8 Å². The van der Waals surface area contributed by atoms with Gasteiger partial charge in [0.15, 0.2) is 0 Å². The Morgan fingerprint density at radius 3 is 3.00 bits per heavy atom. The van der Waals surface area contributed by atoms with E-state index < -0.39 is 0 Å². The lowest BCUT2D eigenvalue weighted by Gasteiger charge is -2.20. The van der Waals surface area contributed by atoms with Crippen LogP contribution in [0.3, 0.4) is 0 Å². The summed E-state index contributed by atoms with van der Waals surface area (Å²) in [5.41, 5.74) is 2.86. The topological polar surface area (TPSA) is 70.2 Å². The highest BCUT2D eigenvalue weighted by molar-refractivity contribution is 7.09. The van der Waals surface area contributed by atoms with E-state index in [1.807, 2.05) is 36.6 Å². The molecule has 2 heterocycles.